The van der Waals surface area contributed by atoms with Crippen molar-refractivity contribution in [2.75, 3.05) is 20.8 Å². The van der Waals surface area contributed by atoms with Crippen LogP contribution in [0.4, 0.5) is 4.79 Å². The molecule has 2 aromatic carbocycles. The van der Waals surface area contributed by atoms with Gasteiger partial charge in [0, 0.05) is 36.3 Å². The summed E-state index contributed by atoms with van der Waals surface area (Å²) in [6.45, 7) is 9.32. The van der Waals surface area contributed by atoms with E-state index in [9.17, 15) is 9.59 Å². The number of carbonyl (C=O) groups is 2. The lowest BCUT2D eigenvalue weighted by Crippen LogP contribution is -2.50. The molecule has 3 heterocycles. The molecule has 3 aliphatic rings. The second-order valence-corrected chi connectivity index (χ2v) is 11.4. The van der Waals surface area contributed by atoms with Gasteiger partial charge in [0.15, 0.2) is 0 Å². The summed E-state index contributed by atoms with van der Waals surface area (Å²) >= 11 is 0. The van der Waals surface area contributed by atoms with Crippen LogP contribution in [0.15, 0.2) is 42.6 Å². The Morgan fingerprint density at radius 3 is 2.38 bits per heavy atom. The fourth-order valence-corrected chi connectivity index (χ4v) is 6.09. The molecular formula is C30H36N2O5. The molecule has 3 aromatic rings. The molecule has 1 aliphatic carbocycles. The lowest BCUT2D eigenvalue weighted by molar-refractivity contribution is -0.0372. The maximum Gasteiger partial charge on any atom is 0.419 e. The summed E-state index contributed by atoms with van der Waals surface area (Å²) in [4.78, 5) is 27.5. The number of esters is 1. The minimum Gasteiger partial charge on any atom is -0.496 e. The number of methoxy groups -OCH3 is 2. The molecule has 3 fully saturated rings. The van der Waals surface area contributed by atoms with E-state index in [2.05, 4.69) is 17.0 Å². The van der Waals surface area contributed by atoms with Gasteiger partial charge in [-0.15, -0.1) is 0 Å². The molecule has 7 heteroatoms. The smallest absolute Gasteiger partial charge is 0.419 e. The molecule has 2 saturated heterocycles. The molecule has 2 bridgehead atoms. The van der Waals surface area contributed by atoms with Crippen molar-refractivity contribution in [3.05, 3.63) is 64.8 Å². The third-order valence-corrected chi connectivity index (χ3v) is 7.68. The Hall–Kier alpha value is -3.32. The van der Waals surface area contributed by atoms with Gasteiger partial charge in [-0.3, -0.25) is 9.47 Å². The first-order valence-corrected chi connectivity index (χ1v) is 12.9. The van der Waals surface area contributed by atoms with Crippen LogP contribution >= 0.6 is 0 Å². The number of aryl methyl sites for hydroxylation is 1. The van der Waals surface area contributed by atoms with E-state index in [1.807, 2.05) is 52.0 Å². The zero-order chi connectivity index (χ0) is 26.5. The molecule has 1 aromatic heterocycles. The first-order chi connectivity index (χ1) is 17.6. The number of hydrogen-bond acceptors (Lipinski definition) is 6. The minimum atomic E-state index is -0.581. The zero-order valence-corrected chi connectivity index (χ0v) is 22.5. The van der Waals surface area contributed by atoms with Crippen LogP contribution in [-0.2, 0) is 16.0 Å². The van der Waals surface area contributed by atoms with Gasteiger partial charge >= 0.3 is 12.1 Å². The third-order valence-electron chi connectivity index (χ3n) is 7.68. The Bertz CT molecular complexity index is 1330. The second kappa shape index (κ2) is 9.53. The number of ether oxygens (including phenoxy) is 3. The van der Waals surface area contributed by atoms with E-state index >= 15 is 0 Å². The molecule has 37 heavy (non-hydrogen) atoms. The van der Waals surface area contributed by atoms with Crippen LogP contribution in [0.2, 0.25) is 0 Å². The van der Waals surface area contributed by atoms with Crippen LogP contribution in [0.1, 0.15) is 66.7 Å². The quantitative estimate of drug-likeness (QED) is 0.391. The van der Waals surface area contributed by atoms with E-state index in [-0.39, 0.29) is 18.1 Å². The van der Waals surface area contributed by atoms with Crippen LogP contribution in [0.3, 0.4) is 0 Å². The van der Waals surface area contributed by atoms with Crippen LogP contribution in [0, 0.1) is 18.8 Å². The van der Waals surface area contributed by atoms with Gasteiger partial charge in [0.1, 0.15) is 11.4 Å². The number of piperidine rings is 2. The van der Waals surface area contributed by atoms with Gasteiger partial charge in [0.2, 0.25) is 0 Å². The van der Waals surface area contributed by atoms with Crippen molar-refractivity contribution in [3.63, 3.8) is 0 Å². The highest BCUT2D eigenvalue weighted by atomic mass is 16.6. The monoisotopic (exact) mass is 504 g/mol. The summed E-state index contributed by atoms with van der Waals surface area (Å²) in [7, 11) is 3.10. The molecule has 1 saturated carbocycles. The first-order valence-electron chi connectivity index (χ1n) is 12.9. The second-order valence-electron chi connectivity index (χ2n) is 11.4. The Labute approximate surface area is 218 Å². The van der Waals surface area contributed by atoms with Gasteiger partial charge in [0.05, 0.1) is 25.3 Å². The van der Waals surface area contributed by atoms with Crippen molar-refractivity contribution in [1.82, 2.24) is 9.47 Å². The summed E-state index contributed by atoms with van der Waals surface area (Å²) in [5, 5.41) is 1.00. The van der Waals surface area contributed by atoms with E-state index < -0.39 is 5.60 Å². The predicted molar refractivity (Wildman–Crippen MR) is 142 cm³/mol. The Morgan fingerprint density at radius 1 is 1.05 bits per heavy atom. The molecule has 1 atom stereocenters. The van der Waals surface area contributed by atoms with E-state index in [4.69, 9.17) is 14.2 Å². The van der Waals surface area contributed by atoms with Gasteiger partial charge in [-0.25, -0.2) is 9.59 Å². The molecule has 2 aliphatic heterocycles. The summed E-state index contributed by atoms with van der Waals surface area (Å²) in [5.41, 5.74) is 4.08. The van der Waals surface area contributed by atoms with Crippen molar-refractivity contribution in [2.24, 2.45) is 11.8 Å². The SMILES string of the molecule is COC(=O)c1ccc([C@@H]2C3CC(C3)CN2Cc2c(OC)cc(C)c3c2ccn3C(=O)OC(C)(C)C)cc1. The average molecular weight is 505 g/mol. The topological polar surface area (TPSA) is 70.0 Å². The third kappa shape index (κ3) is 4.73. The fraction of sp³-hybridized carbons (Fsp3) is 0.467. The standard InChI is InChI=1S/C30H36N2O5/c1-18-13-25(35-5)24(23-11-12-32(26(18)23)29(34)37-30(2,3)4)17-31-16-19-14-22(15-19)27(31)20-7-9-21(10-8-20)28(33)36-6/h7-13,19,22,27H,14-17H2,1-6H3/t19?,22?,27-/m1/s1. The van der Waals surface area contributed by atoms with Crippen molar-refractivity contribution >= 4 is 23.0 Å². The van der Waals surface area contributed by atoms with Gasteiger partial charge in [-0.05, 0) is 87.8 Å². The van der Waals surface area contributed by atoms with Crippen molar-refractivity contribution in [1.29, 1.82) is 0 Å². The molecule has 7 nitrogen and oxygen atoms in total. The highest BCUT2D eigenvalue weighted by Crippen LogP contribution is 2.51. The Balaban J connectivity index is 1.51. The Kier molecular flexibility index (Phi) is 6.52. The molecule has 0 spiro atoms. The molecule has 6 rings (SSSR count). The molecule has 0 N–H and O–H groups in total. The maximum absolute atomic E-state index is 13.0. The molecule has 0 amide bonds. The average Bonchev–Trinajstić information content (AvgIpc) is 3.30. The predicted octanol–water partition coefficient (Wildman–Crippen LogP) is 6.11. The van der Waals surface area contributed by atoms with Gasteiger partial charge in [-0.1, -0.05) is 12.1 Å². The normalized spacial score (nSPS) is 21.4. The summed E-state index contributed by atoms with van der Waals surface area (Å²) in [6.07, 6.45) is 3.88. The highest BCUT2D eigenvalue weighted by Gasteiger charge is 2.45. The van der Waals surface area contributed by atoms with Crippen molar-refractivity contribution in [2.45, 2.75) is 58.7 Å². The number of rotatable bonds is 5. The highest BCUT2D eigenvalue weighted by molar-refractivity contribution is 5.95. The van der Waals surface area contributed by atoms with Gasteiger partial charge in [-0.2, -0.15) is 0 Å². The van der Waals surface area contributed by atoms with Gasteiger partial charge in [0.25, 0.3) is 0 Å². The summed E-state index contributed by atoms with van der Waals surface area (Å²) in [5.74, 6) is 1.79. The van der Waals surface area contributed by atoms with Crippen LogP contribution in [0.5, 0.6) is 5.75 Å². The summed E-state index contributed by atoms with van der Waals surface area (Å²) in [6, 6.07) is 12.1. The molecular weight excluding hydrogens is 468 g/mol. The van der Waals surface area contributed by atoms with Crippen LogP contribution < -0.4 is 4.74 Å². The summed E-state index contributed by atoms with van der Waals surface area (Å²) < 4.78 is 18.0. The lowest BCUT2D eigenvalue weighted by atomic mass is 9.65. The Morgan fingerprint density at radius 2 is 1.76 bits per heavy atom. The first kappa shape index (κ1) is 25.3. The van der Waals surface area contributed by atoms with E-state index in [0.717, 1.165) is 34.3 Å². The fourth-order valence-electron chi connectivity index (χ4n) is 6.09. The largest absolute Gasteiger partial charge is 0.496 e. The number of aromatic nitrogens is 1. The lowest BCUT2D eigenvalue weighted by Gasteiger charge is -2.53. The maximum atomic E-state index is 13.0. The van der Waals surface area contributed by atoms with Crippen molar-refractivity contribution < 1.29 is 23.8 Å². The van der Waals surface area contributed by atoms with E-state index in [0.29, 0.717) is 23.9 Å². The zero-order valence-electron chi connectivity index (χ0n) is 22.5. The number of benzene rings is 2. The molecule has 0 radical (unpaired) electrons. The molecule has 0 unspecified atom stereocenters. The van der Waals surface area contributed by atoms with Crippen LogP contribution in [-0.4, -0.2) is 47.9 Å². The number of carbonyl (C=O) groups excluding carboxylic acids is 2. The van der Waals surface area contributed by atoms with Crippen molar-refractivity contribution in [3.8, 4) is 5.75 Å². The van der Waals surface area contributed by atoms with Gasteiger partial charge < -0.3 is 14.2 Å². The number of hydrogen-bond donors (Lipinski definition) is 0. The van der Waals surface area contributed by atoms with E-state index in [1.54, 1.807) is 17.9 Å². The molecule has 196 valence electrons. The minimum absolute atomic E-state index is 0.255. The number of nitrogens with zero attached hydrogens (tertiary/aromatic N) is 2. The van der Waals surface area contributed by atoms with E-state index in [1.165, 1.54) is 25.5 Å². The number of fused-ring (bicyclic) bond motifs is 3. The van der Waals surface area contributed by atoms with Crippen LogP contribution in [0.25, 0.3) is 10.9 Å².